The Morgan fingerprint density at radius 2 is 1.60 bits per heavy atom. The molecule has 0 bridgehead atoms. The maximum absolute atomic E-state index is 11.2. The normalized spacial score (nSPS) is 18.1. The predicted octanol–water partition coefficient (Wildman–Crippen LogP) is 1.16. The minimum Gasteiger partial charge on any atom is -0.748 e. The number of ketones is 1. The molecule has 6 heteroatoms. The van der Waals surface area contributed by atoms with E-state index in [0.717, 1.165) is 37.0 Å². The monoisotopic (exact) mass is 299 g/mol. The van der Waals surface area contributed by atoms with Gasteiger partial charge in [-0.1, -0.05) is 30.3 Å². The summed E-state index contributed by atoms with van der Waals surface area (Å²) in [6.45, 7) is 3.04. The Morgan fingerprint density at radius 1 is 1.15 bits per heavy atom. The molecule has 1 aromatic rings. The van der Waals surface area contributed by atoms with E-state index in [1.807, 2.05) is 6.07 Å². The topological polar surface area (TPSA) is 74.3 Å². The molecule has 1 fully saturated rings. The van der Waals surface area contributed by atoms with E-state index in [2.05, 4.69) is 31.3 Å². The summed E-state index contributed by atoms with van der Waals surface area (Å²) in [6, 6.07) is 10.5. The summed E-state index contributed by atoms with van der Waals surface area (Å²) >= 11 is 0. The maximum Gasteiger partial charge on any atom is 0.144 e. The second kappa shape index (κ2) is 6.97. The van der Waals surface area contributed by atoms with Crippen LogP contribution in [0, 0.1) is 0 Å². The number of benzene rings is 1. The fraction of sp³-hybridized carbons (Fsp3) is 0.500. The van der Waals surface area contributed by atoms with Crippen LogP contribution in [0.3, 0.4) is 0 Å². The molecule has 1 aromatic carbocycles. The van der Waals surface area contributed by atoms with Crippen LogP contribution in [0.2, 0.25) is 0 Å². The van der Waals surface area contributed by atoms with Gasteiger partial charge in [-0.3, -0.25) is 4.79 Å². The van der Waals surface area contributed by atoms with Crippen molar-refractivity contribution < 1.29 is 22.2 Å². The van der Waals surface area contributed by atoms with Gasteiger partial charge >= 0.3 is 0 Å². The van der Waals surface area contributed by atoms with Gasteiger partial charge in [-0.15, -0.1) is 0 Å². The van der Waals surface area contributed by atoms with Gasteiger partial charge in [0.05, 0.1) is 43.1 Å². The third-order valence-electron chi connectivity index (χ3n) is 3.27. The van der Waals surface area contributed by atoms with E-state index in [9.17, 15) is 4.79 Å². The first-order valence-electron chi connectivity index (χ1n) is 6.48. The van der Waals surface area contributed by atoms with Gasteiger partial charge in [-0.25, -0.2) is 8.42 Å². The quantitative estimate of drug-likeness (QED) is 0.606. The summed E-state index contributed by atoms with van der Waals surface area (Å²) in [6.07, 6.45) is 2.11. The highest BCUT2D eigenvalue weighted by Gasteiger charge is 2.28. The zero-order valence-electron chi connectivity index (χ0n) is 11.9. The molecular formula is C14H21NO4S. The number of carbonyl (C=O) groups is 1. The van der Waals surface area contributed by atoms with E-state index in [4.69, 9.17) is 13.0 Å². The summed E-state index contributed by atoms with van der Waals surface area (Å²) < 4.78 is 28.2. The van der Waals surface area contributed by atoms with E-state index >= 15 is 0 Å². The zero-order valence-corrected chi connectivity index (χ0v) is 12.7. The second-order valence-electron chi connectivity index (χ2n) is 5.45. The number of rotatable bonds is 2. The first kappa shape index (κ1) is 16.8. The lowest BCUT2D eigenvalue weighted by atomic mass is 10.1. The van der Waals surface area contributed by atoms with Gasteiger partial charge in [0.15, 0.2) is 0 Å². The summed E-state index contributed by atoms with van der Waals surface area (Å²) in [4.78, 5) is 11.2. The molecule has 0 atom stereocenters. The first-order chi connectivity index (χ1) is 9.18. The lowest BCUT2D eigenvalue weighted by molar-refractivity contribution is -0.923. The highest BCUT2D eigenvalue weighted by Crippen LogP contribution is 2.18. The molecule has 2 rings (SSSR count). The molecule has 0 aliphatic carbocycles. The number of nitrogens with zero attached hydrogens (tertiary/aromatic N) is 1. The third-order valence-corrected chi connectivity index (χ3v) is 3.27. The fourth-order valence-corrected chi connectivity index (χ4v) is 2.21. The van der Waals surface area contributed by atoms with Gasteiger partial charge in [0.25, 0.3) is 0 Å². The number of hydrogen-bond donors (Lipinski definition) is 0. The van der Waals surface area contributed by atoms with E-state index in [-0.39, 0.29) is 0 Å². The standard InChI is InChI=1S/C13H18NO.CH4O3S/c1-14(9-7-13(15)8-10-14)11-12-5-3-2-4-6-12;1-5(2,3)4/h2-6H,7-11H2,1H3;1H3,(H,2,3,4)/q+1;/p-1. The van der Waals surface area contributed by atoms with Gasteiger partial charge in [0, 0.05) is 11.8 Å². The number of carbonyl (C=O) groups excluding carboxylic acids is 1. The molecule has 0 N–H and O–H groups in total. The van der Waals surface area contributed by atoms with E-state index in [0.29, 0.717) is 12.0 Å². The number of quaternary nitrogens is 1. The Labute approximate surface area is 120 Å². The molecule has 0 unspecified atom stereocenters. The van der Waals surface area contributed by atoms with Crippen molar-refractivity contribution in [1.82, 2.24) is 0 Å². The Hall–Kier alpha value is -1.24. The Kier molecular flexibility index (Phi) is 5.86. The number of likely N-dealkylation sites (tertiary alicyclic amines) is 1. The third kappa shape index (κ3) is 7.37. The van der Waals surface area contributed by atoms with Crippen LogP contribution in [0.25, 0.3) is 0 Å². The fourth-order valence-electron chi connectivity index (χ4n) is 2.21. The molecule has 20 heavy (non-hydrogen) atoms. The van der Waals surface area contributed by atoms with Crippen molar-refractivity contribution >= 4 is 15.9 Å². The Balaban J connectivity index is 0.000000347. The molecule has 0 radical (unpaired) electrons. The van der Waals surface area contributed by atoms with Crippen LogP contribution in [-0.4, -0.2) is 49.6 Å². The van der Waals surface area contributed by atoms with Crippen molar-refractivity contribution in [3.05, 3.63) is 35.9 Å². The van der Waals surface area contributed by atoms with Crippen LogP contribution >= 0.6 is 0 Å². The number of Topliss-reactive ketones (excluding diaryl/α,β-unsaturated/α-hetero) is 1. The maximum atomic E-state index is 11.2. The zero-order chi connectivity index (χ0) is 15.2. The minimum absolute atomic E-state index is 0.429. The lowest BCUT2D eigenvalue weighted by Crippen LogP contribution is -2.49. The molecule has 0 spiro atoms. The van der Waals surface area contributed by atoms with Gasteiger partial charge in [0.2, 0.25) is 0 Å². The molecule has 0 saturated carbocycles. The highest BCUT2D eigenvalue weighted by atomic mass is 32.2. The molecule has 1 saturated heterocycles. The largest absolute Gasteiger partial charge is 0.748 e. The average molecular weight is 299 g/mol. The summed E-state index contributed by atoms with van der Waals surface area (Å²) in [5, 5.41) is 0. The molecule has 1 aliphatic rings. The van der Waals surface area contributed by atoms with E-state index < -0.39 is 10.1 Å². The molecule has 5 nitrogen and oxygen atoms in total. The first-order valence-corrected chi connectivity index (χ1v) is 8.30. The van der Waals surface area contributed by atoms with Gasteiger partial charge in [0.1, 0.15) is 12.3 Å². The van der Waals surface area contributed by atoms with Crippen molar-refractivity contribution in [1.29, 1.82) is 0 Å². The Bertz CT molecular complexity index is 522. The summed E-state index contributed by atoms with van der Waals surface area (Å²) in [5.74, 6) is 0.429. The van der Waals surface area contributed by atoms with Gasteiger partial charge in [-0.05, 0) is 0 Å². The average Bonchev–Trinajstić information content (AvgIpc) is 2.33. The van der Waals surface area contributed by atoms with Crippen LogP contribution < -0.4 is 0 Å². The minimum atomic E-state index is -3.92. The van der Waals surface area contributed by atoms with Crippen LogP contribution in [-0.2, 0) is 21.5 Å². The molecule has 1 heterocycles. The highest BCUT2D eigenvalue weighted by molar-refractivity contribution is 7.84. The van der Waals surface area contributed by atoms with Crippen molar-refractivity contribution in [2.45, 2.75) is 19.4 Å². The van der Waals surface area contributed by atoms with Crippen molar-refractivity contribution in [2.24, 2.45) is 0 Å². The smallest absolute Gasteiger partial charge is 0.144 e. The van der Waals surface area contributed by atoms with Crippen molar-refractivity contribution in [2.75, 3.05) is 26.4 Å². The van der Waals surface area contributed by atoms with Crippen LogP contribution in [0.15, 0.2) is 30.3 Å². The van der Waals surface area contributed by atoms with Crippen LogP contribution in [0.4, 0.5) is 0 Å². The van der Waals surface area contributed by atoms with Gasteiger partial charge < -0.3 is 9.04 Å². The molecule has 1 aliphatic heterocycles. The van der Waals surface area contributed by atoms with E-state index in [1.54, 1.807) is 0 Å². The molecule has 112 valence electrons. The SMILES string of the molecule is CS(=O)(=O)[O-].C[N+]1(Cc2ccccc2)CCC(=O)CC1. The second-order valence-corrected chi connectivity index (χ2v) is 6.86. The van der Waals surface area contributed by atoms with Gasteiger partial charge in [-0.2, -0.15) is 0 Å². The van der Waals surface area contributed by atoms with E-state index in [1.165, 1.54) is 5.56 Å². The van der Waals surface area contributed by atoms with Crippen molar-refractivity contribution in [3.63, 3.8) is 0 Å². The van der Waals surface area contributed by atoms with Crippen molar-refractivity contribution in [3.8, 4) is 0 Å². The Morgan fingerprint density at radius 3 is 2.05 bits per heavy atom. The number of hydrogen-bond acceptors (Lipinski definition) is 4. The number of piperidine rings is 1. The molecule has 0 amide bonds. The van der Waals surface area contributed by atoms with Crippen LogP contribution in [0.5, 0.6) is 0 Å². The van der Waals surface area contributed by atoms with Crippen LogP contribution in [0.1, 0.15) is 18.4 Å². The summed E-state index contributed by atoms with van der Waals surface area (Å²) in [5.41, 5.74) is 1.37. The molecular weight excluding hydrogens is 278 g/mol. The lowest BCUT2D eigenvalue weighted by Gasteiger charge is -2.37. The molecule has 0 aromatic heterocycles. The predicted molar refractivity (Wildman–Crippen MR) is 75.9 cm³/mol. The summed E-state index contributed by atoms with van der Waals surface area (Å²) in [7, 11) is -1.67.